The van der Waals surface area contributed by atoms with Crippen molar-refractivity contribution in [2.75, 3.05) is 25.6 Å². The maximum atomic E-state index is 10.9. The van der Waals surface area contributed by atoms with Gasteiger partial charge in [-0.25, -0.2) is 0 Å². The normalized spacial score (nSPS) is 11.2. The van der Waals surface area contributed by atoms with E-state index in [4.69, 9.17) is 9.47 Å². The van der Waals surface area contributed by atoms with E-state index < -0.39 is 4.92 Å². The van der Waals surface area contributed by atoms with E-state index in [2.05, 4.69) is 5.32 Å². The smallest absolute Gasteiger partial charge is 0.275 e. The molecule has 20 heavy (non-hydrogen) atoms. The quantitative estimate of drug-likeness (QED) is 0.585. The van der Waals surface area contributed by atoms with Crippen molar-refractivity contribution in [2.24, 2.45) is 0 Å². The number of hydrogen-bond donors (Lipinski definition) is 1. The van der Waals surface area contributed by atoms with E-state index in [1.54, 1.807) is 13.2 Å². The highest BCUT2D eigenvalue weighted by molar-refractivity contribution is 5.56. The third kappa shape index (κ3) is 5.05. The fourth-order valence-electron chi connectivity index (χ4n) is 1.48. The number of nitrogens with zero attached hydrogens (tertiary/aromatic N) is 1. The van der Waals surface area contributed by atoms with Crippen LogP contribution in [0.3, 0.4) is 0 Å². The summed E-state index contributed by atoms with van der Waals surface area (Å²) in [7, 11) is 1.63. The summed E-state index contributed by atoms with van der Waals surface area (Å²) in [5, 5.41) is 14.1. The average Bonchev–Trinajstić information content (AvgIpc) is 2.43. The standard InChI is InChI=1S/C14H22N2O4/c1-5-6-20-13-8-11(7-12(9-13)16(17)18)15-10-14(2,3)19-4/h7-9,15H,5-6,10H2,1-4H3. The summed E-state index contributed by atoms with van der Waals surface area (Å²) in [6.45, 7) is 6.93. The van der Waals surface area contributed by atoms with Crippen molar-refractivity contribution in [3.8, 4) is 5.75 Å². The monoisotopic (exact) mass is 282 g/mol. The molecule has 0 radical (unpaired) electrons. The van der Waals surface area contributed by atoms with Crippen LogP contribution in [0.2, 0.25) is 0 Å². The molecule has 0 heterocycles. The number of methoxy groups -OCH3 is 1. The Labute approximate surface area is 119 Å². The van der Waals surface area contributed by atoms with Gasteiger partial charge in [-0.05, 0) is 20.3 Å². The summed E-state index contributed by atoms with van der Waals surface area (Å²) in [4.78, 5) is 10.5. The van der Waals surface area contributed by atoms with Crippen molar-refractivity contribution in [1.29, 1.82) is 0 Å². The van der Waals surface area contributed by atoms with E-state index in [1.807, 2.05) is 20.8 Å². The van der Waals surface area contributed by atoms with E-state index >= 15 is 0 Å². The Balaban J connectivity index is 2.88. The average molecular weight is 282 g/mol. The zero-order valence-electron chi connectivity index (χ0n) is 12.4. The van der Waals surface area contributed by atoms with Crippen molar-refractivity contribution in [3.63, 3.8) is 0 Å². The van der Waals surface area contributed by atoms with Crippen LogP contribution in [0.15, 0.2) is 18.2 Å². The third-order valence-electron chi connectivity index (χ3n) is 2.85. The molecule has 1 rings (SSSR count). The number of anilines is 1. The van der Waals surface area contributed by atoms with E-state index in [0.29, 0.717) is 24.6 Å². The molecular formula is C14H22N2O4. The molecule has 0 saturated carbocycles. The van der Waals surface area contributed by atoms with Gasteiger partial charge >= 0.3 is 0 Å². The number of hydrogen-bond acceptors (Lipinski definition) is 5. The van der Waals surface area contributed by atoms with Crippen LogP contribution in [0.5, 0.6) is 5.75 Å². The topological polar surface area (TPSA) is 73.6 Å². The summed E-state index contributed by atoms with van der Waals surface area (Å²) in [5.41, 5.74) is 0.307. The van der Waals surface area contributed by atoms with Crippen LogP contribution in [-0.2, 0) is 4.74 Å². The first-order valence-corrected chi connectivity index (χ1v) is 6.59. The molecule has 0 fully saturated rings. The fraction of sp³-hybridized carbons (Fsp3) is 0.571. The molecular weight excluding hydrogens is 260 g/mol. The van der Waals surface area contributed by atoms with Crippen LogP contribution in [0.1, 0.15) is 27.2 Å². The summed E-state index contributed by atoms with van der Waals surface area (Å²) in [5.74, 6) is 0.499. The van der Waals surface area contributed by atoms with E-state index in [1.165, 1.54) is 12.1 Å². The van der Waals surface area contributed by atoms with Gasteiger partial charge in [-0.2, -0.15) is 0 Å². The molecule has 0 spiro atoms. The lowest BCUT2D eigenvalue weighted by molar-refractivity contribution is -0.384. The highest BCUT2D eigenvalue weighted by atomic mass is 16.6. The first kappa shape index (κ1) is 16.2. The minimum atomic E-state index is -0.425. The van der Waals surface area contributed by atoms with Gasteiger partial charge in [0.1, 0.15) is 5.75 Å². The van der Waals surface area contributed by atoms with Crippen LogP contribution in [0, 0.1) is 10.1 Å². The minimum Gasteiger partial charge on any atom is -0.493 e. The lowest BCUT2D eigenvalue weighted by Gasteiger charge is -2.23. The SMILES string of the molecule is CCCOc1cc(NCC(C)(C)OC)cc([N+](=O)[O-])c1. The van der Waals surface area contributed by atoms with Gasteiger partial charge in [-0.1, -0.05) is 6.92 Å². The maximum Gasteiger partial charge on any atom is 0.275 e. The summed E-state index contributed by atoms with van der Waals surface area (Å²) in [6, 6.07) is 4.68. The molecule has 0 unspecified atom stereocenters. The van der Waals surface area contributed by atoms with Gasteiger partial charge in [0.25, 0.3) is 5.69 Å². The largest absolute Gasteiger partial charge is 0.493 e. The van der Waals surface area contributed by atoms with Crippen LogP contribution < -0.4 is 10.1 Å². The van der Waals surface area contributed by atoms with Gasteiger partial charge in [-0.3, -0.25) is 10.1 Å². The molecule has 1 N–H and O–H groups in total. The molecule has 0 saturated heterocycles. The molecule has 0 aromatic heterocycles. The third-order valence-corrected chi connectivity index (χ3v) is 2.85. The molecule has 112 valence electrons. The fourth-order valence-corrected chi connectivity index (χ4v) is 1.48. The number of benzene rings is 1. The molecule has 0 aliphatic heterocycles. The predicted molar refractivity (Wildman–Crippen MR) is 78.5 cm³/mol. The summed E-state index contributed by atoms with van der Waals surface area (Å²) >= 11 is 0. The second-order valence-electron chi connectivity index (χ2n) is 5.14. The van der Waals surface area contributed by atoms with Crippen LogP contribution in [0.4, 0.5) is 11.4 Å². The van der Waals surface area contributed by atoms with Crippen molar-refractivity contribution in [3.05, 3.63) is 28.3 Å². The van der Waals surface area contributed by atoms with Gasteiger partial charge in [0.2, 0.25) is 0 Å². The Bertz CT molecular complexity index is 460. The van der Waals surface area contributed by atoms with Crippen molar-refractivity contribution in [2.45, 2.75) is 32.8 Å². The van der Waals surface area contributed by atoms with Crippen molar-refractivity contribution < 1.29 is 14.4 Å². The van der Waals surface area contributed by atoms with Crippen LogP contribution in [-0.4, -0.2) is 30.8 Å². The zero-order chi connectivity index (χ0) is 15.2. The van der Waals surface area contributed by atoms with Crippen molar-refractivity contribution in [1.82, 2.24) is 0 Å². The molecule has 0 aliphatic carbocycles. The highest BCUT2D eigenvalue weighted by Gasteiger charge is 2.17. The summed E-state index contributed by atoms with van der Waals surface area (Å²) < 4.78 is 10.8. The van der Waals surface area contributed by atoms with Crippen LogP contribution >= 0.6 is 0 Å². The summed E-state index contributed by atoms with van der Waals surface area (Å²) in [6.07, 6.45) is 0.849. The van der Waals surface area contributed by atoms with E-state index in [-0.39, 0.29) is 11.3 Å². The zero-order valence-corrected chi connectivity index (χ0v) is 12.4. The highest BCUT2D eigenvalue weighted by Crippen LogP contribution is 2.26. The molecule has 0 amide bonds. The minimum absolute atomic E-state index is 0.0105. The Morgan fingerprint density at radius 2 is 2.05 bits per heavy atom. The number of ether oxygens (including phenoxy) is 2. The van der Waals surface area contributed by atoms with Gasteiger partial charge in [0, 0.05) is 31.5 Å². The molecule has 6 heteroatoms. The van der Waals surface area contributed by atoms with E-state index in [0.717, 1.165) is 6.42 Å². The molecule has 1 aromatic carbocycles. The molecule has 6 nitrogen and oxygen atoms in total. The first-order chi connectivity index (χ1) is 9.38. The molecule has 0 aliphatic rings. The second kappa shape index (κ2) is 7.09. The number of non-ortho nitro benzene ring substituents is 1. The first-order valence-electron chi connectivity index (χ1n) is 6.59. The molecule has 0 bridgehead atoms. The Hall–Kier alpha value is -1.82. The molecule has 1 aromatic rings. The number of nitro groups is 1. The number of nitrogens with one attached hydrogen (secondary N) is 1. The van der Waals surface area contributed by atoms with E-state index in [9.17, 15) is 10.1 Å². The number of rotatable bonds is 8. The van der Waals surface area contributed by atoms with Crippen molar-refractivity contribution >= 4 is 11.4 Å². The number of nitro benzene ring substituents is 1. The Morgan fingerprint density at radius 1 is 1.35 bits per heavy atom. The lowest BCUT2D eigenvalue weighted by atomic mass is 10.1. The predicted octanol–water partition coefficient (Wildman–Crippen LogP) is 3.22. The van der Waals surface area contributed by atoms with Crippen LogP contribution in [0.25, 0.3) is 0 Å². The maximum absolute atomic E-state index is 10.9. The Morgan fingerprint density at radius 3 is 2.60 bits per heavy atom. The molecule has 0 atom stereocenters. The van der Waals surface area contributed by atoms with Gasteiger partial charge < -0.3 is 14.8 Å². The van der Waals surface area contributed by atoms with Gasteiger partial charge in [-0.15, -0.1) is 0 Å². The lowest BCUT2D eigenvalue weighted by Crippen LogP contribution is -2.32. The second-order valence-corrected chi connectivity index (χ2v) is 5.14. The Kier molecular flexibility index (Phi) is 5.76. The van der Waals surface area contributed by atoms with Gasteiger partial charge in [0.05, 0.1) is 23.2 Å². The van der Waals surface area contributed by atoms with Gasteiger partial charge in [0.15, 0.2) is 0 Å².